The lowest BCUT2D eigenvalue weighted by atomic mass is 9.88. The van der Waals surface area contributed by atoms with E-state index in [2.05, 4.69) is 45.3 Å². The van der Waals surface area contributed by atoms with Gasteiger partial charge in [-0.3, -0.25) is 0 Å². The van der Waals surface area contributed by atoms with Crippen molar-refractivity contribution >= 4 is 0 Å². The Bertz CT molecular complexity index is 199. The van der Waals surface area contributed by atoms with Gasteiger partial charge in [0.05, 0.1) is 0 Å². The molecule has 0 heterocycles. The zero-order valence-electron chi connectivity index (χ0n) is 11.8. The highest BCUT2D eigenvalue weighted by Gasteiger charge is 2.28. The van der Waals surface area contributed by atoms with Crippen molar-refractivity contribution < 1.29 is 0 Å². The standard InChI is InChI=1S/C14H30N2/c1-12(10-16-13(2,3)4)15-11-14(5)8-6-7-9-14/h12,15-16H,6-11H2,1-5H3. The van der Waals surface area contributed by atoms with Gasteiger partial charge in [-0.2, -0.15) is 0 Å². The lowest BCUT2D eigenvalue weighted by Crippen LogP contribution is -2.46. The molecule has 0 bridgehead atoms. The molecule has 0 aliphatic heterocycles. The first kappa shape index (κ1) is 14.0. The second kappa shape index (κ2) is 5.50. The van der Waals surface area contributed by atoms with Crippen molar-refractivity contribution in [2.75, 3.05) is 13.1 Å². The molecule has 0 aromatic carbocycles. The summed E-state index contributed by atoms with van der Waals surface area (Å²) in [6.07, 6.45) is 5.65. The van der Waals surface area contributed by atoms with Crippen molar-refractivity contribution in [3.63, 3.8) is 0 Å². The molecule has 1 atom stereocenters. The maximum Gasteiger partial charge on any atom is 0.0164 e. The van der Waals surface area contributed by atoms with Crippen molar-refractivity contribution in [1.82, 2.24) is 10.6 Å². The molecular weight excluding hydrogens is 196 g/mol. The van der Waals surface area contributed by atoms with Gasteiger partial charge in [0.15, 0.2) is 0 Å². The van der Waals surface area contributed by atoms with E-state index in [9.17, 15) is 0 Å². The van der Waals surface area contributed by atoms with Crippen LogP contribution in [0, 0.1) is 5.41 Å². The van der Waals surface area contributed by atoms with Crippen LogP contribution in [0.15, 0.2) is 0 Å². The third kappa shape index (κ3) is 5.31. The van der Waals surface area contributed by atoms with Crippen LogP contribution in [0.1, 0.15) is 60.3 Å². The van der Waals surface area contributed by atoms with Crippen molar-refractivity contribution in [2.45, 2.75) is 71.9 Å². The first-order valence-corrected chi connectivity index (χ1v) is 6.79. The fourth-order valence-corrected chi connectivity index (χ4v) is 2.36. The minimum atomic E-state index is 0.229. The Morgan fingerprint density at radius 1 is 1.19 bits per heavy atom. The SMILES string of the molecule is CC(CNC(C)(C)C)NCC1(C)CCCC1. The quantitative estimate of drug-likeness (QED) is 0.753. The zero-order chi connectivity index (χ0) is 12.2. The van der Waals surface area contributed by atoms with Gasteiger partial charge in [-0.15, -0.1) is 0 Å². The second-order valence-electron chi connectivity index (χ2n) is 6.93. The smallest absolute Gasteiger partial charge is 0.0164 e. The fraction of sp³-hybridized carbons (Fsp3) is 1.00. The minimum absolute atomic E-state index is 0.229. The summed E-state index contributed by atoms with van der Waals surface area (Å²) < 4.78 is 0. The number of hydrogen-bond donors (Lipinski definition) is 2. The van der Waals surface area contributed by atoms with Crippen LogP contribution in [0.4, 0.5) is 0 Å². The van der Waals surface area contributed by atoms with Crippen LogP contribution < -0.4 is 10.6 Å². The zero-order valence-corrected chi connectivity index (χ0v) is 11.8. The van der Waals surface area contributed by atoms with Crippen LogP contribution in [0.3, 0.4) is 0 Å². The van der Waals surface area contributed by atoms with Crippen LogP contribution in [0.5, 0.6) is 0 Å². The highest BCUT2D eigenvalue weighted by Crippen LogP contribution is 2.36. The molecule has 0 saturated heterocycles. The van der Waals surface area contributed by atoms with E-state index in [1.807, 2.05) is 0 Å². The molecule has 16 heavy (non-hydrogen) atoms. The Kier molecular flexibility index (Phi) is 4.81. The van der Waals surface area contributed by atoms with Crippen molar-refractivity contribution in [3.8, 4) is 0 Å². The largest absolute Gasteiger partial charge is 0.312 e. The molecule has 96 valence electrons. The summed E-state index contributed by atoms with van der Waals surface area (Å²) in [7, 11) is 0. The highest BCUT2D eigenvalue weighted by molar-refractivity contribution is 4.84. The summed E-state index contributed by atoms with van der Waals surface area (Å²) >= 11 is 0. The minimum Gasteiger partial charge on any atom is -0.312 e. The van der Waals surface area contributed by atoms with E-state index in [1.165, 1.54) is 32.2 Å². The maximum atomic E-state index is 3.68. The molecule has 1 saturated carbocycles. The van der Waals surface area contributed by atoms with E-state index in [4.69, 9.17) is 0 Å². The normalized spacial score (nSPS) is 22.3. The van der Waals surface area contributed by atoms with Gasteiger partial charge in [-0.1, -0.05) is 19.8 Å². The van der Waals surface area contributed by atoms with Gasteiger partial charge in [-0.25, -0.2) is 0 Å². The molecule has 1 rings (SSSR count). The Labute approximate surface area is 102 Å². The predicted molar refractivity (Wildman–Crippen MR) is 71.8 cm³/mol. The Hall–Kier alpha value is -0.0800. The third-order valence-electron chi connectivity index (χ3n) is 3.63. The Morgan fingerprint density at radius 2 is 1.75 bits per heavy atom. The molecule has 0 aromatic rings. The number of rotatable bonds is 5. The maximum absolute atomic E-state index is 3.68. The van der Waals surface area contributed by atoms with Crippen molar-refractivity contribution in [3.05, 3.63) is 0 Å². The Balaban J connectivity index is 2.17. The van der Waals surface area contributed by atoms with Crippen LogP contribution in [0.25, 0.3) is 0 Å². The molecule has 0 amide bonds. The summed E-state index contributed by atoms with van der Waals surface area (Å²) in [5, 5.41) is 7.22. The number of hydrogen-bond acceptors (Lipinski definition) is 2. The first-order valence-electron chi connectivity index (χ1n) is 6.79. The van der Waals surface area contributed by atoms with Crippen LogP contribution >= 0.6 is 0 Å². The molecular formula is C14H30N2. The van der Waals surface area contributed by atoms with Gasteiger partial charge in [0.2, 0.25) is 0 Å². The highest BCUT2D eigenvalue weighted by atomic mass is 15.0. The molecule has 2 heteroatoms. The molecule has 0 spiro atoms. The van der Waals surface area contributed by atoms with Gasteiger partial charge in [-0.05, 0) is 46.0 Å². The number of nitrogens with one attached hydrogen (secondary N) is 2. The van der Waals surface area contributed by atoms with Gasteiger partial charge >= 0.3 is 0 Å². The summed E-state index contributed by atoms with van der Waals surface area (Å²) in [5.41, 5.74) is 0.795. The average Bonchev–Trinajstić information content (AvgIpc) is 2.59. The van der Waals surface area contributed by atoms with E-state index in [-0.39, 0.29) is 5.54 Å². The lowest BCUT2D eigenvalue weighted by Gasteiger charge is -2.28. The lowest BCUT2D eigenvalue weighted by molar-refractivity contribution is 0.291. The third-order valence-corrected chi connectivity index (χ3v) is 3.63. The molecule has 0 radical (unpaired) electrons. The van der Waals surface area contributed by atoms with Gasteiger partial charge in [0.1, 0.15) is 0 Å². The average molecular weight is 226 g/mol. The van der Waals surface area contributed by atoms with Crippen LogP contribution in [0.2, 0.25) is 0 Å². The molecule has 2 nitrogen and oxygen atoms in total. The summed E-state index contributed by atoms with van der Waals surface area (Å²) in [6.45, 7) is 13.6. The van der Waals surface area contributed by atoms with Crippen LogP contribution in [-0.2, 0) is 0 Å². The fourth-order valence-electron chi connectivity index (χ4n) is 2.36. The van der Waals surface area contributed by atoms with E-state index in [0.29, 0.717) is 11.5 Å². The summed E-state index contributed by atoms with van der Waals surface area (Å²) in [6, 6.07) is 0.566. The summed E-state index contributed by atoms with van der Waals surface area (Å²) in [5.74, 6) is 0. The molecule has 1 fully saturated rings. The molecule has 1 unspecified atom stereocenters. The predicted octanol–water partition coefficient (Wildman–Crippen LogP) is 2.93. The topological polar surface area (TPSA) is 24.1 Å². The van der Waals surface area contributed by atoms with Crippen molar-refractivity contribution in [2.24, 2.45) is 5.41 Å². The van der Waals surface area contributed by atoms with Crippen LogP contribution in [-0.4, -0.2) is 24.7 Å². The second-order valence-corrected chi connectivity index (χ2v) is 6.93. The molecule has 2 N–H and O–H groups in total. The van der Waals surface area contributed by atoms with Crippen molar-refractivity contribution in [1.29, 1.82) is 0 Å². The van der Waals surface area contributed by atoms with Gasteiger partial charge in [0, 0.05) is 24.7 Å². The Morgan fingerprint density at radius 3 is 2.25 bits per heavy atom. The first-order chi connectivity index (χ1) is 7.31. The van der Waals surface area contributed by atoms with Gasteiger partial charge < -0.3 is 10.6 Å². The summed E-state index contributed by atoms with van der Waals surface area (Å²) in [4.78, 5) is 0. The molecule has 1 aliphatic rings. The van der Waals surface area contributed by atoms with Gasteiger partial charge in [0.25, 0.3) is 0 Å². The molecule has 1 aliphatic carbocycles. The molecule has 0 aromatic heterocycles. The van der Waals surface area contributed by atoms with E-state index >= 15 is 0 Å². The van der Waals surface area contributed by atoms with E-state index in [1.54, 1.807) is 0 Å². The monoisotopic (exact) mass is 226 g/mol. The van der Waals surface area contributed by atoms with E-state index < -0.39 is 0 Å². The van der Waals surface area contributed by atoms with E-state index in [0.717, 1.165) is 6.54 Å².